The van der Waals surface area contributed by atoms with Gasteiger partial charge in [0.25, 0.3) is 5.69 Å². The van der Waals surface area contributed by atoms with Crippen LogP contribution >= 0.6 is 11.8 Å². The number of benzene rings is 2. The molecule has 0 amide bonds. The van der Waals surface area contributed by atoms with Gasteiger partial charge in [-0.1, -0.05) is 11.8 Å². The van der Waals surface area contributed by atoms with E-state index in [0.717, 1.165) is 36.0 Å². The van der Waals surface area contributed by atoms with Crippen molar-refractivity contribution in [3.63, 3.8) is 0 Å². The molecule has 2 aromatic carbocycles. The molecule has 0 bridgehead atoms. The molecule has 10 heteroatoms. The number of carboxylic acid groups (broad SMARTS) is 2. The number of carbonyl (C=O) groups is 3. The smallest absolute Gasteiger partial charge is 0.338 e. The number of hydrogen-bond acceptors (Lipinski definition) is 7. The third-order valence-electron chi connectivity index (χ3n) is 3.47. The number of esters is 1. The molecule has 0 saturated heterocycles. The van der Waals surface area contributed by atoms with Crippen LogP contribution in [-0.4, -0.2) is 38.6 Å². The number of hydrogen-bond donors (Lipinski definition) is 2. The second-order valence-corrected chi connectivity index (χ2v) is 7.95. The summed E-state index contributed by atoms with van der Waals surface area (Å²) in [6, 6.07) is 7.04. The molecule has 2 rings (SSSR count). The lowest BCUT2D eigenvalue weighted by atomic mass is 10.1. The van der Waals surface area contributed by atoms with Gasteiger partial charge in [-0.05, 0) is 51.1 Å². The first-order chi connectivity index (χ1) is 13.4. The first-order valence-corrected chi connectivity index (χ1v) is 9.01. The highest BCUT2D eigenvalue weighted by Crippen LogP contribution is 2.38. The summed E-state index contributed by atoms with van der Waals surface area (Å²) in [5.74, 6) is -3.31. The predicted octanol–water partition coefficient (Wildman–Crippen LogP) is 4.10. The Bertz CT molecular complexity index is 1010. The molecule has 0 unspecified atom stereocenters. The number of ether oxygens (including phenoxy) is 1. The Morgan fingerprint density at radius 3 is 2.10 bits per heavy atom. The van der Waals surface area contributed by atoms with Crippen molar-refractivity contribution in [1.29, 1.82) is 0 Å². The number of rotatable bonds is 6. The third kappa shape index (κ3) is 5.55. The van der Waals surface area contributed by atoms with E-state index in [1.165, 1.54) is 12.1 Å². The Morgan fingerprint density at radius 2 is 1.59 bits per heavy atom. The summed E-state index contributed by atoms with van der Waals surface area (Å²) in [4.78, 5) is 45.6. The van der Waals surface area contributed by atoms with Crippen molar-refractivity contribution in [2.75, 3.05) is 0 Å². The fourth-order valence-electron chi connectivity index (χ4n) is 2.25. The minimum absolute atomic E-state index is 0.0190. The number of aromatic carboxylic acids is 2. The molecule has 2 N–H and O–H groups in total. The van der Waals surface area contributed by atoms with Crippen LogP contribution in [0.3, 0.4) is 0 Å². The van der Waals surface area contributed by atoms with Gasteiger partial charge >= 0.3 is 17.9 Å². The highest BCUT2D eigenvalue weighted by atomic mass is 32.2. The average molecular weight is 419 g/mol. The fraction of sp³-hybridized carbons (Fsp3) is 0.211. The van der Waals surface area contributed by atoms with E-state index in [1.807, 2.05) is 0 Å². The minimum atomic E-state index is -1.31. The first-order valence-electron chi connectivity index (χ1n) is 8.19. The van der Waals surface area contributed by atoms with Crippen LogP contribution in [0, 0.1) is 10.1 Å². The highest BCUT2D eigenvalue weighted by Gasteiger charge is 2.24. The number of nitrogens with zero attached hydrogens (tertiary/aromatic N) is 1. The lowest BCUT2D eigenvalue weighted by Gasteiger charge is -2.19. The molecule has 0 aliphatic rings. The van der Waals surface area contributed by atoms with Crippen LogP contribution in [0.2, 0.25) is 0 Å². The van der Waals surface area contributed by atoms with E-state index in [-0.39, 0.29) is 26.5 Å². The van der Waals surface area contributed by atoms with Crippen molar-refractivity contribution < 1.29 is 34.3 Å². The maximum atomic E-state index is 12.2. The predicted molar refractivity (Wildman–Crippen MR) is 103 cm³/mol. The summed E-state index contributed by atoms with van der Waals surface area (Å²) in [6.45, 7) is 4.98. The maximum Gasteiger partial charge on any atom is 0.338 e. The molecule has 0 fully saturated rings. The van der Waals surface area contributed by atoms with Gasteiger partial charge in [-0.25, -0.2) is 14.4 Å². The molecule has 0 saturated carbocycles. The highest BCUT2D eigenvalue weighted by molar-refractivity contribution is 7.99. The van der Waals surface area contributed by atoms with E-state index in [1.54, 1.807) is 20.8 Å². The first kappa shape index (κ1) is 21.9. The summed E-state index contributed by atoms with van der Waals surface area (Å²) in [7, 11) is 0. The van der Waals surface area contributed by atoms with Gasteiger partial charge in [0.1, 0.15) is 5.60 Å². The molecule has 29 heavy (non-hydrogen) atoms. The third-order valence-corrected chi connectivity index (χ3v) is 4.59. The molecule has 0 aliphatic heterocycles. The summed E-state index contributed by atoms with van der Waals surface area (Å²) < 4.78 is 5.20. The second kappa shape index (κ2) is 8.31. The van der Waals surface area contributed by atoms with Crippen LogP contribution in [0.25, 0.3) is 0 Å². The SMILES string of the molecule is CC(C)(C)OC(=O)c1ccc(Sc2cc(C(=O)O)ccc2C(=O)O)c([N+](=O)[O-])c1. The zero-order valence-corrected chi connectivity index (χ0v) is 16.5. The number of nitro groups is 1. The normalized spacial score (nSPS) is 11.0. The van der Waals surface area contributed by atoms with Gasteiger partial charge in [0, 0.05) is 11.0 Å². The molecular formula is C19H17NO8S. The molecule has 0 radical (unpaired) electrons. The summed E-state index contributed by atoms with van der Waals surface area (Å²) in [6.07, 6.45) is 0. The Labute approximate surface area is 169 Å². The van der Waals surface area contributed by atoms with Crippen molar-refractivity contribution in [2.24, 2.45) is 0 Å². The quantitative estimate of drug-likeness (QED) is 0.401. The van der Waals surface area contributed by atoms with Gasteiger partial charge < -0.3 is 14.9 Å². The van der Waals surface area contributed by atoms with Crippen LogP contribution in [0.15, 0.2) is 46.2 Å². The van der Waals surface area contributed by atoms with Gasteiger partial charge in [-0.15, -0.1) is 0 Å². The summed E-state index contributed by atoms with van der Waals surface area (Å²) >= 11 is 0.725. The zero-order chi connectivity index (χ0) is 21.9. The van der Waals surface area contributed by atoms with Gasteiger partial charge in [-0.2, -0.15) is 0 Å². The molecule has 2 aromatic rings. The molecule has 0 atom stereocenters. The van der Waals surface area contributed by atoms with E-state index in [0.29, 0.717) is 0 Å². The van der Waals surface area contributed by atoms with Crippen molar-refractivity contribution in [3.05, 3.63) is 63.2 Å². The topological polar surface area (TPSA) is 144 Å². The molecule has 0 heterocycles. The Balaban J connectivity index is 2.49. The van der Waals surface area contributed by atoms with Crippen LogP contribution in [0.1, 0.15) is 51.8 Å². The fourth-order valence-corrected chi connectivity index (χ4v) is 3.31. The average Bonchev–Trinajstić information content (AvgIpc) is 2.59. The molecule has 0 spiro atoms. The lowest BCUT2D eigenvalue weighted by Crippen LogP contribution is -2.23. The Morgan fingerprint density at radius 1 is 0.966 bits per heavy atom. The summed E-state index contributed by atoms with van der Waals surface area (Å²) in [5, 5.41) is 29.9. The van der Waals surface area contributed by atoms with Crippen LogP contribution in [-0.2, 0) is 4.74 Å². The molecule has 0 aliphatic carbocycles. The zero-order valence-electron chi connectivity index (χ0n) is 15.7. The van der Waals surface area contributed by atoms with Crippen molar-refractivity contribution in [2.45, 2.75) is 36.2 Å². The number of carbonyl (C=O) groups excluding carboxylic acids is 1. The maximum absolute atomic E-state index is 12.2. The van der Waals surface area contributed by atoms with Crippen molar-refractivity contribution in [1.82, 2.24) is 0 Å². The van der Waals surface area contributed by atoms with Gasteiger partial charge in [0.15, 0.2) is 0 Å². The van der Waals surface area contributed by atoms with Crippen LogP contribution in [0.4, 0.5) is 5.69 Å². The molecule has 9 nitrogen and oxygen atoms in total. The van der Waals surface area contributed by atoms with Crippen molar-refractivity contribution >= 4 is 35.4 Å². The van der Waals surface area contributed by atoms with E-state index in [2.05, 4.69) is 0 Å². The molecule has 0 aromatic heterocycles. The second-order valence-electron chi connectivity index (χ2n) is 6.86. The van der Waals surface area contributed by atoms with Gasteiger partial charge in [0.05, 0.1) is 26.5 Å². The van der Waals surface area contributed by atoms with Crippen LogP contribution < -0.4 is 0 Å². The molecular weight excluding hydrogens is 402 g/mol. The summed E-state index contributed by atoms with van der Waals surface area (Å²) in [5.41, 5.74) is -1.62. The standard InChI is InChI=1S/C19H17NO8S/c1-19(2,3)28-18(25)11-5-7-14(13(8-11)20(26)27)29-15-9-10(16(21)22)4-6-12(15)17(23)24/h4-9H,1-3H3,(H,21,22)(H,23,24). The van der Waals surface area contributed by atoms with Crippen molar-refractivity contribution in [3.8, 4) is 0 Å². The van der Waals surface area contributed by atoms with Gasteiger partial charge in [-0.3, -0.25) is 10.1 Å². The van der Waals surface area contributed by atoms with E-state index < -0.39 is 34.1 Å². The monoisotopic (exact) mass is 419 g/mol. The Hall–Kier alpha value is -3.40. The lowest BCUT2D eigenvalue weighted by molar-refractivity contribution is -0.387. The van der Waals surface area contributed by atoms with Gasteiger partial charge in [0.2, 0.25) is 0 Å². The van der Waals surface area contributed by atoms with Crippen LogP contribution in [0.5, 0.6) is 0 Å². The van der Waals surface area contributed by atoms with E-state index in [4.69, 9.17) is 9.84 Å². The number of carboxylic acids is 2. The largest absolute Gasteiger partial charge is 0.478 e. The van der Waals surface area contributed by atoms with E-state index in [9.17, 15) is 29.6 Å². The van der Waals surface area contributed by atoms with E-state index >= 15 is 0 Å². The Kier molecular flexibility index (Phi) is 6.28. The molecule has 152 valence electrons. The minimum Gasteiger partial charge on any atom is -0.478 e. The number of nitro benzene ring substituents is 1.